The number of carbonyl (C=O) groups excluding carboxylic acids is 2. The summed E-state index contributed by atoms with van der Waals surface area (Å²) in [7, 11) is 1.27. The second kappa shape index (κ2) is 13.0. The minimum Gasteiger partial charge on any atom is -0.490 e. The van der Waals surface area contributed by atoms with E-state index in [9.17, 15) is 19.6 Å². The van der Waals surface area contributed by atoms with Gasteiger partial charge in [-0.05, 0) is 50.6 Å². The lowest BCUT2D eigenvalue weighted by atomic mass is 9.95. The summed E-state index contributed by atoms with van der Waals surface area (Å²) in [6, 6.07) is 14.0. The molecule has 0 amide bonds. The van der Waals surface area contributed by atoms with E-state index in [1.807, 2.05) is 42.0 Å². The molecule has 5 rings (SSSR count). The van der Waals surface area contributed by atoms with E-state index in [0.717, 1.165) is 16.5 Å². The van der Waals surface area contributed by atoms with Crippen LogP contribution in [0.4, 0.5) is 0 Å². The summed E-state index contributed by atoms with van der Waals surface area (Å²) in [6.45, 7) is 5.53. The van der Waals surface area contributed by atoms with Gasteiger partial charge in [-0.25, -0.2) is 14.6 Å². The molecule has 0 aliphatic carbocycles. The second-order valence-electron chi connectivity index (χ2n) is 9.69. The van der Waals surface area contributed by atoms with Gasteiger partial charge in [0.15, 0.2) is 22.9 Å². The summed E-state index contributed by atoms with van der Waals surface area (Å²) < 4.78 is 25.3. The van der Waals surface area contributed by atoms with Crippen LogP contribution in [0.3, 0.4) is 0 Å². The molecule has 11 nitrogen and oxygen atoms in total. The Kier molecular flexibility index (Phi) is 8.96. The average Bonchev–Trinajstić information content (AvgIpc) is 3.52. The molecule has 2 aromatic carbocycles. The number of hydrogen-bond acceptors (Lipinski definition) is 10. The zero-order valence-electron chi connectivity index (χ0n) is 24.7. The number of thiazole rings is 1. The van der Waals surface area contributed by atoms with Crippen LogP contribution < -0.4 is 24.4 Å². The SMILES string of the molecule is CCOC(=O)C1=C(C)N=c2s/c(=C/c3cn(CC#N)c4ccccc34)c(=O)n2[C@@H]1c1ccc(OCC(=O)OC)c(OCC)c1. The minimum absolute atomic E-state index is 0.143. The number of nitrogens with zero attached hydrogens (tertiary/aromatic N) is 4. The smallest absolute Gasteiger partial charge is 0.343 e. The van der Waals surface area contributed by atoms with E-state index in [0.29, 0.717) is 38.7 Å². The molecule has 0 saturated heterocycles. The number of hydrogen-bond donors (Lipinski definition) is 0. The Hall–Kier alpha value is -5.15. The summed E-state index contributed by atoms with van der Waals surface area (Å²) >= 11 is 1.21. The van der Waals surface area contributed by atoms with Gasteiger partial charge in [0.1, 0.15) is 6.54 Å². The van der Waals surface area contributed by atoms with Crippen molar-refractivity contribution in [3.63, 3.8) is 0 Å². The molecule has 0 radical (unpaired) electrons. The molecule has 12 heteroatoms. The molecule has 1 aliphatic rings. The van der Waals surface area contributed by atoms with Crippen molar-refractivity contribution < 1.29 is 28.5 Å². The van der Waals surface area contributed by atoms with Crippen LogP contribution in [0.1, 0.15) is 37.9 Å². The maximum Gasteiger partial charge on any atom is 0.343 e. The van der Waals surface area contributed by atoms with Gasteiger partial charge in [-0.1, -0.05) is 35.6 Å². The highest BCUT2D eigenvalue weighted by molar-refractivity contribution is 7.07. The fraction of sp³-hybridized carbons (Fsp3) is 0.281. The molecule has 1 aliphatic heterocycles. The zero-order chi connectivity index (χ0) is 31.4. The van der Waals surface area contributed by atoms with Gasteiger partial charge in [0.25, 0.3) is 5.56 Å². The average molecular weight is 615 g/mol. The Morgan fingerprint density at radius 1 is 1.11 bits per heavy atom. The maximum absolute atomic E-state index is 14.1. The molecule has 3 heterocycles. The van der Waals surface area contributed by atoms with Crippen LogP contribution >= 0.6 is 11.3 Å². The van der Waals surface area contributed by atoms with Crippen molar-refractivity contribution in [2.75, 3.05) is 26.9 Å². The van der Waals surface area contributed by atoms with Crippen molar-refractivity contribution in [3.05, 3.63) is 90.7 Å². The van der Waals surface area contributed by atoms with E-state index in [1.165, 1.54) is 23.0 Å². The Morgan fingerprint density at radius 3 is 2.64 bits per heavy atom. The summed E-state index contributed by atoms with van der Waals surface area (Å²) in [5, 5.41) is 10.2. The summed E-state index contributed by atoms with van der Waals surface area (Å²) in [5.74, 6) is -0.501. The number of fused-ring (bicyclic) bond motifs is 2. The molecule has 0 fully saturated rings. The van der Waals surface area contributed by atoms with Crippen LogP contribution in [0.2, 0.25) is 0 Å². The summed E-state index contributed by atoms with van der Waals surface area (Å²) in [4.78, 5) is 44.2. The van der Waals surface area contributed by atoms with E-state index in [2.05, 4.69) is 15.8 Å². The number of benzene rings is 2. The number of carbonyl (C=O) groups is 2. The fourth-order valence-corrected chi connectivity index (χ4v) is 6.16. The highest BCUT2D eigenvalue weighted by atomic mass is 32.1. The predicted octanol–water partition coefficient (Wildman–Crippen LogP) is 3.23. The zero-order valence-corrected chi connectivity index (χ0v) is 25.5. The van der Waals surface area contributed by atoms with Gasteiger partial charge >= 0.3 is 11.9 Å². The lowest BCUT2D eigenvalue weighted by molar-refractivity contribution is -0.143. The van der Waals surface area contributed by atoms with Crippen LogP contribution in [0.25, 0.3) is 17.0 Å². The number of esters is 2. The number of aromatic nitrogens is 2. The van der Waals surface area contributed by atoms with Crippen molar-refractivity contribution in [2.24, 2.45) is 4.99 Å². The van der Waals surface area contributed by atoms with Crippen LogP contribution in [-0.4, -0.2) is 48.0 Å². The van der Waals surface area contributed by atoms with E-state index >= 15 is 0 Å². The number of para-hydroxylation sites is 1. The topological polar surface area (TPSA) is 134 Å². The first-order valence-corrected chi connectivity index (χ1v) is 14.7. The minimum atomic E-state index is -0.874. The quantitative estimate of drug-likeness (QED) is 0.249. The van der Waals surface area contributed by atoms with Crippen molar-refractivity contribution in [3.8, 4) is 17.6 Å². The monoisotopic (exact) mass is 614 g/mol. The largest absolute Gasteiger partial charge is 0.490 e. The first-order valence-electron chi connectivity index (χ1n) is 13.9. The molecule has 0 unspecified atom stereocenters. The number of ether oxygens (including phenoxy) is 4. The molecular formula is C32H30N4O7S. The summed E-state index contributed by atoms with van der Waals surface area (Å²) in [6.07, 6.45) is 3.64. The van der Waals surface area contributed by atoms with E-state index < -0.39 is 18.0 Å². The number of rotatable bonds is 10. The molecule has 2 aromatic heterocycles. The highest BCUT2D eigenvalue weighted by Crippen LogP contribution is 2.36. The third-order valence-corrected chi connectivity index (χ3v) is 8.00. The maximum atomic E-state index is 14.1. The van der Waals surface area contributed by atoms with E-state index in [1.54, 1.807) is 38.1 Å². The Labute approximate surface area is 256 Å². The lowest BCUT2D eigenvalue weighted by Crippen LogP contribution is -2.40. The first-order chi connectivity index (χ1) is 21.3. The molecule has 0 N–H and O–H groups in total. The second-order valence-corrected chi connectivity index (χ2v) is 10.7. The van der Waals surface area contributed by atoms with Crippen molar-refractivity contribution in [1.82, 2.24) is 9.13 Å². The van der Waals surface area contributed by atoms with Crippen molar-refractivity contribution in [1.29, 1.82) is 5.26 Å². The van der Waals surface area contributed by atoms with E-state index in [4.69, 9.17) is 14.2 Å². The van der Waals surface area contributed by atoms with Gasteiger partial charge in [-0.3, -0.25) is 9.36 Å². The first kappa shape index (κ1) is 30.3. The normalized spacial score (nSPS) is 14.5. The third kappa shape index (κ3) is 5.74. The number of nitriles is 1. The lowest BCUT2D eigenvalue weighted by Gasteiger charge is -2.25. The van der Waals surface area contributed by atoms with Gasteiger partial charge in [0.2, 0.25) is 0 Å². The van der Waals surface area contributed by atoms with Crippen molar-refractivity contribution in [2.45, 2.75) is 33.4 Å². The van der Waals surface area contributed by atoms with Crippen LogP contribution in [0, 0.1) is 11.3 Å². The Balaban J connectivity index is 1.69. The van der Waals surface area contributed by atoms with E-state index in [-0.39, 0.29) is 30.9 Å². The van der Waals surface area contributed by atoms with Crippen molar-refractivity contribution >= 4 is 40.3 Å². The molecule has 4 aromatic rings. The molecule has 0 bridgehead atoms. The highest BCUT2D eigenvalue weighted by Gasteiger charge is 2.34. The molecule has 1 atom stereocenters. The predicted molar refractivity (Wildman–Crippen MR) is 163 cm³/mol. The fourth-order valence-electron chi connectivity index (χ4n) is 5.12. The summed E-state index contributed by atoms with van der Waals surface area (Å²) in [5.41, 5.74) is 2.54. The molecule has 44 heavy (non-hydrogen) atoms. The number of methoxy groups -OCH3 is 1. The van der Waals surface area contributed by atoms with Gasteiger partial charge in [-0.2, -0.15) is 5.26 Å². The number of allylic oxidation sites excluding steroid dienone is 1. The molecular weight excluding hydrogens is 584 g/mol. The molecule has 226 valence electrons. The molecule has 0 saturated carbocycles. The third-order valence-electron chi connectivity index (χ3n) is 7.02. The van der Waals surface area contributed by atoms with Gasteiger partial charge in [0.05, 0.1) is 48.2 Å². The molecule has 0 spiro atoms. The van der Waals surface area contributed by atoms with Gasteiger partial charge < -0.3 is 23.5 Å². The van der Waals surface area contributed by atoms with Gasteiger partial charge in [0, 0.05) is 22.7 Å². The van der Waals surface area contributed by atoms with Crippen LogP contribution in [0.15, 0.2) is 69.7 Å². The van der Waals surface area contributed by atoms with Crippen LogP contribution in [0.5, 0.6) is 11.5 Å². The Bertz CT molecular complexity index is 2010. The van der Waals surface area contributed by atoms with Crippen LogP contribution in [-0.2, 0) is 25.6 Å². The Morgan fingerprint density at radius 2 is 1.91 bits per heavy atom. The standard InChI is InChI=1S/C32H30N4O7S/c1-5-41-25-15-20(11-12-24(25)43-18-27(37)40-4)29-28(31(39)42-6-2)19(3)34-32-36(29)30(38)26(44-32)16-21-17-35(14-13-33)23-10-8-7-9-22(21)23/h7-12,15-17,29H,5-6,14,18H2,1-4H3/b26-16+/t29-/m1/s1. The van der Waals surface area contributed by atoms with Gasteiger partial charge in [-0.15, -0.1) is 0 Å².